The van der Waals surface area contributed by atoms with Gasteiger partial charge in [-0.2, -0.15) is 0 Å². The zero-order chi connectivity index (χ0) is 13.7. The van der Waals surface area contributed by atoms with E-state index in [1.54, 1.807) is 12.1 Å². The Morgan fingerprint density at radius 3 is 2.79 bits per heavy atom. The Kier molecular flexibility index (Phi) is 4.91. The van der Waals surface area contributed by atoms with Crippen molar-refractivity contribution in [2.45, 2.75) is 31.7 Å². The van der Waals surface area contributed by atoms with E-state index in [9.17, 15) is 9.18 Å². The van der Waals surface area contributed by atoms with Crippen molar-refractivity contribution in [3.63, 3.8) is 0 Å². The highest BCUT2D eigenvalue weighted by Crippen LogP contribution is 2.18. The first kappa shape index (κ1) is 14.0. The van der Waals surface area contributed by atoms with E-state index in [2.05, 4.69) is 5.32 Å². The fourth-order valence-electron chi connectivity index (χ4n) is 2.66. The maximum atomic E-state index is 12.8. The lowest BCUT2D eigenvalue weighted by molar-refractivity contribution is -0.134. The van der Waals surface area contributed by atoms with E-state index in [0.29, 0.717) is 12.5 Å². The molecule has 19 heavy (non-hydrogen) atoms. The van der Waals surface area contributed by atoms with Crippen molar-refractivity contribution in [1.82, 2.24) is 10.2 Å². The van der Waals surface area contributed by atoms with Gasteiger partial charge in [-0.3, -0.25) is 4.79 Å². The quantitative estimate of drug-likeness (QED) is 0.901. The molecule has 1 N–H and O–H groups in total. The van der Waals surface area contributed by atoms with E-state index in [1.807, 2.05) is 11.9 Å². The topological polar surface area (TPSA) is 32.3 Å². The van der Waals surface area contributed by atoms with Crippen molar-refractivity contribution in [1.29, 1.82) is 0 Å². The predicted octanol–water partition coefficient (Wildman–Crippen LogP) is 1.97. The van der Waals surface area contributed by atoms with E-state index in [4.69, 9.17) is 0 Å². The maximum absolute atomic E-state index is 12.8. The van der Waals surface area contributed by atoms with E-state index in [0.717, 1.165) is 31.5 Å². The third kappa shape index (κ3) is 3.77. The second-order valence-corrected chi connectivity index (χ2v) is 5.10. The summed E-state index contributed by atoms with van der Waals surface area (Å²) in [6.07, 6.45) is 3.69. The molecule has 1 aromatic rings. The van der Waals surface area contributed by atoms with Gasteiger partial charge in [0.05, 0.1) is 6.42 Å². The van der Waals surface area contributed by atoms with Gasteiger partial charge in [0, 0.05) is 19.1 Å². The highest BCUT2D eigenvalue weighted by atomic mass is 19.1. The Balaban J connectivity index is 1.99. The molecule has 1 aliphatic heterocycles. The van der Waals surface area contributed by atoms with Crippen molar-refractivity contribution in [2.24, 2.45) is 0 Å². The van der Waals surface area contributed by atoms with Crippen LogP contribution in [-0.4, -0.2) is 37.0 Å². The first-order chi connectivity index (χ1) is 9.20. The molecular weight excluding hydrogens is 243 g/mol. The number of nitrogens with zero attached hydrogens (tertiary/aromatic N) is 1. The van der Waals surface area contributed by atoms with Crippen LogP contribution in [0.1, 0.15) is 24.8 Å². The van der Waals surface area contributed by atoms with Crippen LogP contribution < -0.4 is 5.32 Å². The van der Waals surface area contributed by atoms with Crippen LogP contribution in [0.5, 0.6) is 0 Å². The van der Waals surface area contributed by atoms with Gasteiger partial charge in [0.2, 0.25) is 5.91 Å². The Bertz CT molecular complexity index is 417. The van der Waals surface area contributed by atoms with Crippen molar-refractivity contribution < 1.29 is 9.18 Å². The molecule has 0 radical (unpaired) electrons. The number of rotatable bonds is 4. The molecular formula is C15H21FN2O. The second-order valence-electron chi connectivity index (χ2n) is 5.10. The summed E-state index contributed by atoms with van der Waals surface area (Å²) >= 11 is 0. The normalized spacial score (nSPS) is 19.5. The fraction of sp³-hybridized carbons (Fsp3) is 0.533. The number of amides is 1. The highest BCUT2D eigenvalue weighted by Gasteiger charge is 2.25. The second kappa shape index (κ2) is 6.66. The molecule has 0 saturated carbocycles. The lowest BCUT2D eigenvalue weighted by Gasteiger charge is -2.36. The van der Waals surface area contributed by atoms with Crippen LogP contribution >= 0.6 is 0 Å². The number of benzene rings is 1. The van der Waals surface area contributed by atoms with Gasteiger partial charge in [-0.15, -0.1) is 0 Å². The standard InChI is InChI=1S/C15H21FN2O/c1-17-11-14-4-2-3-9-18(14)15(19)10-12-5-7-13(16)8-6-12/h5-8,14,17H,2-4,9-11H2,1H3. The molecule has 0 bridgehead atoms. The van der Waals surface area contributed by atoms with Gasteiger partial charge in [0.15, 0.2) is 0 Å². The maximum Gasteiger partial charge on any atom is 0.227 e. The van der Waals surface area contributed by atoms with Crippen LogP contribution in [0.4, 0.5) is 4.39 Å². The zero-order valence-electron chi connectivity index (χ0n) is 11.4. The first-order valence-electron chi connectivity index (χ1n) is 6.89. The molecule has 1 amide bonds. The molecule has 0 spiro atoms. The average molecular weight is 264 g/mol. The highest BCUT2D eigenvalue weighted by molar-refractivity contribution is 5.79. The van der Waals surface area contributed by atoms with Crippen LogP contribution in [0.15, 0.2) is 24.3 Å². The van der Waals surface area contributed by atoms with Crippen molar-refractivity contribution in [2.75, 3.05) is 20.1 Å². The van der Waals surface area contributed by atoms with E-state index in [1.165, 1.54) is 18.6 Å². The third-order valence-corrected chi connectivity index (χ3v) is 3.66. The van der Waals surface area contributed by atoms with E-state index < -0.39 is 0 Å². The number of carbonyl (C=O) groups is 1. The molecule has 1 aliphatic rings. The van der Waals surface area contributed by atoms with E-state index in [-0.39, 0.29) is 11.7 Å². The monoisotopic (exact) mass is 264 g/mol. The largest absolute Gasteiger partial charge is 0.338 e. The number of hydrogen-bond acceptors (Lipinski definition) is 2. The Labute approximate surface area is 113 Å². The van der Waals surface area contributed by atoms with Crippen LogP contribution in [-0.2, 0) is 11.2 Å². The van der Waals surface area contributed by atoms with Gasteiger partial charge >= 0.3 is 0 Å². The summed E-state index contributed by atoms with van der Waals surface area (Å²) in [5.74, 6) is -0.117. The lowest BCUT2D eigenvalue weighted by Crippen LogP contribution is -2.48. The van der Waals surface area contributed by atoms with Crippen molar-refractivity contribution in [3.8, 4) is 0 Å². The summed E-state index contributed by atoms with van der Waals surface area (Å²) < 4.78 is 12.8. The summed E-state index contributed by atoms with van der Waals surface area (Å²) in [5.41, 5.74) is 0.875. The SMILES string of the molecule is CNCC1CCCCN1C(=O)Cc1ccc(F)cc1. The minimum atomic E-state index is -0.262. The molecule has 3 nitrogen and oxygen atoms in total. The molecule has 1 fully saturated rings. The van der Waals surface area contributed by atoms with Gasteiger partial charge in [-0.1, -0.05) is 12.1 Å². The minimum Gasteiger partial charge on any atom is -0.338 e. The summed E-state index contributed by atoms with van der Waals surface area (Å²) in [6, 6.07) is 6.48. The first-order valence-corrected chi connectivity index (χ1v) is 6.89. The van der Waals surface area contributed by atoms with Gasteiger partial charge in [0.1, 0.15) is 5.82 Å². The molecule has 0 aromatic heterocycles. The van der Waals surface area contributed by atoms with Gasteiger partial charge in [0.25, 0.3) is 0 Å². The molecule has 1 atom stereocenters. The molecule has 1 aromatic carbocycles. The third-order valence-electron chi connectivity index (χ3n) is 3.66. The number of likely N-dealkylation sites (N-methyl/N-ethyl adjacent to an activating group) is 1. The molecule has 104 valence electrons. The summed E-state index contributed by atoms with van der Waals surface area (Å²) in [5, 5.41) is 3.15. The van der Waals surface area contributed by atoms with Crippen LogP contribution in [0.25, 0.3) is 0 Å². The van der Waals surface area contributed by atoms with Crippen LogP contribution in [0.2, 0.25) is 0 Å². The number of halogens is 1. The zero-order valence-corrected chi connectivity index (χ0v) is 11.4. The smallest absolute Gasteiger partial charge is 0.227 e. The number of carbonyl (C=O) groups excluding carboxylic acids is 1. The van der Waals surface area contributed by atoms with Gasteiger partial charge in [-0.05, 0) is 44.0 Å². The van der Waals surface area contributed by atoms with Crippen LogP contribution in [0.3, 0.4) is 0 Å². The Morgan fingerprint density at radius 1 is 1.37 bits per heavy atom. The van der Waals surface area contributed by atoms with E-state index >= 15 is 0 Å². The average Bonchev–Trinajstić information content (AvgIpc) is 2.42. The number of nitrogens with one attached hydrogen (secondary N) is 1. The lowest BCUT2D eigenvalue weighted by atomic mass is 10.0. The number of likely N-dealkylation sites (tertiary alicyclic amines) is 1. The summed E-state index contributed by atoms with van der Waals surface area (Å²) in [6.45, 7) is 1.68. The molecule has 1 saturated heterocycles. The van der Waals surface area contributed by atoms with Crippen LogP contribution in [0, 0.1) is 5.82 Å². The molecule has 2 rings (SSSR count). The number of piperidine rings is 1. The Morgan fingerprint density at radius 2 is 2.11 bits per heavy atom. The summed E-state index contributed by atoms with van der Waals surface area (Å²) in [4.78, 5) is 14.3. The summed E-state index contributed by atoms with van der Waals surface area (Å²) in [7, 11) is 1.91. The van der Waals surface area contributed by atoms with Gasteiger partial charge in [-0.25, -0.2) is 4.39 Å². The molecule has 0 aliphatic carbocycles. The molecule has 1 heterocycles. The minimum absolute atomic E-state index is 0.145. The molecule has 4 heteroatoms. The predicted molar refractivity (Wildman–Crippen MR) is 73.4 cm³/mol. The fourth-order valence-corrected chi connectivity index (χ4v) is 2.66. The molecule has 1 unspecified atom stereocenters. The van der Waals surface area contributed by atoms with Crippen molar-refractivity contribution in [3.05, 3.63) is 35.6 Å². The van der Waals surface area contributed by atoms with Gasteiger partial charge < -0.3 is 10.2 Å². The van der Waals surface area contributed by atoms with Crippen molar-refractivity contribution >= 4 is 5.91 Å². The number of hydrogen-bond donors (Lipinski definition) is 1. The Hall–Kier alpha value is -1.42.